The minimum atomic E-state index is -1.15. The highest BCUT2D eigenvalue weighted by atomic mass is 32.1. The number of carboxylic acids is 1. The number of rotatable bonds is 5. The van der Waals surface area contributed by atoms with Gasteiger partial charge < -0.3 is 15.7 Å². The number of carbonyl (C=O) groups excluding carboxylic acids is 2. The summed E-state index contributed by atoms with van der Waals surface area (Å²) in [5, 5.41) is 14.5. The van der Waals surface area contributed by atoms with Crippen LogP contribution in [0.15, 0.2) is 17.5 Å². The molecule has 0 saturated heterocycles. The number of urea groups is 1. The van der Waals surface area contributed by atoms with Crippen molar-refractivity contribution in [3.63, 3.8) is 0 Å². The van der Waals surface area contributed by atoms with Gasteiger partial charge in [-0.15, -0.1) is 11.3 Å². The Labute approximate surface area is 95.3 Å². The third-order valence-electron chi connectivity index (χ3n) is 1.62. The third-order valence-corrected chi connectivity index (χ3v) is 2.56. The molecule has 1 rings (SSSR count). The molecule has 1 radical (unpaired) electrons. The molecule has 1 heterocycles. The lowest BCUT2D eigenvalue weighted by molar-refractivity contribution is -0.135. The Hall–Kier alpha value is -1.89. The Bertz CT molecular complexity index is 377. The second-order valence-electron chi connectivity index (χ2n) is 2.79. The molecular weight excluding hydrogens is 232 g/mol. The maximum atomic E-state index is 11.2. The Morgan fingerprint density at radius 2 is 2.31 bits per heavy atom. The second-order valence-corrected chi connectivity index (χ2v) is 3.77. The molecule has 0 aliphatic heterocycles. The van der Waals surface area contributed by atoms with Crippen LogP contribution >= 0.6 is 11.3 Å². The van der Waals surface area contributed by atoms with Crippen molar-refractivity contribution in [3.8, 4) is 0 Å². The van der Waals surface area contributed by atoms with Gasteiger partial charge in [0.2, 0.25) is 6.29 Å². The molecule has 1 aromatic heterocycles. The highest BCUT2D eigenvalue weighted by Crippen LogP contribution is 2.16. The van der Waals surface area contributed by atoms with E-state index in [-0.39, 0.29) is 0 Å². The summed E-state index contributed by atoms with van der Waals surface area (Å²) in [4.78, 5) is 32.6. The number of thiophene rings is 1. The van der Waals surface area contributed by atoms with Gasteiger partial charge in [0.25, 0.3) is 0 Å². The van der Waals surface area contributed by atoms with Crippen molar-refractivity contribution >= 4 is 29.6 Å². The fraction of sp³-hybridized carbons (Fsp3) is 0.222. The largest absolute Gasteiger partial charge is 0.480 e. The van der Waals surface area contributed by atoms with Gasteiger partial charge in [-0.25, -0.2) is 4.79 Å². The lowest BCUT2D eigenvalue weighted by Crippen LogP contribution is -2.40. The van der Waals surface area contributed by atoms with Crippen LogP contribution in [0.2, 0.25) is 0 Å². The number of hydrogen-bond donors (Lipinski definition) is 3. The van der Waals surface area contributed by atoms with Gasteiger partial charge in [0.1, 0.15) is 12.6 Å². The quantitative estimate of drug-likeness (QED) is 0.690. The van der Waals surface area contributed by atoms with Crippen LogP contribution < -0.4 is 10.6 Å². The van der Waals surface area contributed by atoms with Crippen molar-refractivity contribution in [2.75, 3.05) is 6.54 Å². The average Bonchev–Trinajstić information content (AvgIpc) is 2.76. The first kappa shape index (κ1) is 12.2. The maximum Gasteiger partial charge on any atom is 0.323 e. The lowest BCUT2D eigenvalue weighted by Gasteiger charge is -2.10. The third kappa shape index (κ3) is 3.70. The van der Waals surface area contributed by atoms with Crippen LogP contribution in [0.5, 0.6) is 0 Å². The molecular formula is C9H9N2O4S. The second kappa shape index (κ2) is 5.86. The summed E-state index contributed by atoms with van der Waals surface area (Å²) in [6.45, 7) is -0.498. The first-order valence-electron chi connectivity index (χ1n) is 4.30. The van der Waals surface area contributed by atoms with E-state index >= 15 is 0 Å². The monoisotopic (exact) mass is 241 g/mol. The molecule has 6 nitrogen and oxygen atoms in total. The first-order valence-corrected chi connectivity index (χ1v) is 5.18. The van der Waals surface area contributed by atoms with Gasteiger partial charge in [-0.05, 0) is 11.4 Å². The molecule has 3 N–H and O–H groups in total. The van der Waals surface area contributed by atoms with Crippen LogP contribution in [0.3, 0.4) is 0 Å². The standard InChI is InChI=1S/C9H9N2O4S/c12-5-6(7-2-1-3-16-7)11-9(15)10-4-8(13)14/h1-3,6H,4H2,(H,13,14)(H2,10,11,15). The first-order chi connectivity index (χ1) is 7.63. The summed E-state index contributed by atoms with van der Waals surface area (Å²) in [5.74, 6) is -1.15. The molecule has 0 bridgehead atoms. The van der Waals surface area contributed by atoms with Crippen molar-refractivity contribution in [1.29, 1.82) is 0 Å². The summed E-state index contributed by atoms with van der Waals surface area (Å²) in [6.07, 6.45) is 1.66. The number of carbonyl (C=O) groups is 2. The number of nitrogens with one attached hydrogen (secondary N) is 2. The van der Waals surface area contributed by atoms with E-state index in [2.05, 4.69) is 10.6 Å². The van der Waals surface area contributed by atoms with Gasteiger partial charge in [-0.2, -0.15) is 0 Å². The normalized spacial score (nSPS) is 11.5. The molecule has 85 valence electrons. The number of aliphatic carboxylic acids is 1. The zero-order valence-electron chi connectivity index (χ0n) is 8.10. The Kier molecular flexibility index (Phi) is 4.46. The minimum Gasteiger partial charge on any atom is -0.480 e. The molecule has 0 spiro atoms. The minimum absolute atomic E-state index is 0.498. The molecule has 0 aromatic carbocycles. The molecule has 1 unspecified atom stereocenters. The topological polar surface area (TPSA) is 95.5 Å². The average molecular weight is 241 g/mol. The van der Waals surface area contributed by atoms with Crippen LogP contribution in [0, 0.1) is 0 Å². The predicted molar refractivity (Wildman–Crippen MR) is 56.9 cm³/mol. The van der Waals surface area contributed by atoms with E-state index in [0.717, 1.165) is 0 Å². The summed E-state index contributed by atoms with van der Waals surface area (Å²) < 4.78 is 0. The van der Waals surface area contributed by atoms with E-state index < -0.39 is 24.6 Å². The Balaban J connectivity index is 2.48. The van der Waals surface area contributed by atoms with E-state index in [1.54, 1.807) is 23.8 Å². The van der Waals surface area contributed by atoms with Crippen LogP contribution in [0.4, 0.5) is 4.79 Å². The van der Waals surface area contributed by atoms with Gasteiger partial charge in [-0.3, -0.25) is 9.59 Å². The van der Waals surface area contributed by atoms with E-state index in [1.807, 2.05) is 0 Å². The van der Waals surface area contributed by atoms with Crippen LogP contribution in [-0.2, 0) is 9.59 Å². The molecule has 1 atom stereocenters. The predicted octanol–water partition coefficient (Wildman–Crippen LogP) is 0.283. The SMILES string of the molecule is O=[C]C(NC(=O)NCC(=O)O)c1cccs1. The van der Waals surface area contributed by atoms with Gasteiger partial charge in [0.15, 0.2) is 0 Å². The molecule has 1 aromatic rings. The molecule has 0 saturated carbocycles. The summed E-state index contributed by atoms with van der Waals surface area (Å²) >= 11 is 1.30. The highest BCUT2D eigenvalue weighted by molar-refractivity contribution is 7.10. The van der Waals surface area contributed by atoms with Gasteiger partial charge >= 0.3 is 12.0 Å². The van der Waals surface area contributed by atoms with Crippen molar-refractivity contribution in [3.05, 3.63) is 22.4 Å². The van der Waals surface area contributed by atoms with Crippen LogP contribution in [0.25, 0.3) is 0 Å². The fourth-order valence-electron chi connectivity index (χ4n) is 0.952. The molecule has 0 aliphatic rings. The number of hydrogen-bond acceptors (Lipinski definition) is 4. The maximum absolute atomic E-state index is 11.2. The molecule has 0 fully saturated rings. The van der Waals surface area contributed by atoms with E-state index in [1.165, 1.54) is 11.3 Å². The number of amides is 2. The zero-order chi connectivity index (χ0) is 12.0. The molecule has 16 heavy (non-hydrogen) atoms. The zero-order valence-corrected chi connectivity index (χ0v) is 8.91. The molecule has 2 amide bonds. The van der Waals surface area contributed by atoms with Crippen molar-refractivity contribution in [1.82, 2.24) is 10.6 Å². The van der Waals surface area contributed by atoms with Crippen LogP contribution in [-0.4, -0.2) is 29.9 Å². The Morgan fingerprint density at radius 1 is 1.56 bits per heavy atom. The van der Waals surface area contributed by atoms with Crippen LogP contribution in [0.1, 0.15) is 10.9 Å². The highest BCUT2D eigenvalue weighted by Gasteiger charge is 2.15. The molecule has 7 heteroatoms. The van der Waals surface area contributed by atoms with Crippen molar-refractivity contribution < 1.29 is 19.5 Å². The number of carboxylic acid groups (broad SMARTS) is 1. The van der Waals surface area contributed by atoms with E-state index in [4.69, 9.17) is 5.11 Å². The molecule has 0 aliphatic carbocycles. The van der Waals surface area contributed by atoms with Gasteiger partial charge in [0, 0.05) is 4.88 Å². The fourth-order valence-corrected chi connectivity index (χ4v) is 1.67. The smallest absolute Gasteiger partial charge is 0.323 e. The van der Waals surface area contributed by atoms with Gasteiger partial charge in [-0.1, -0.05) is 6.07 Å². The summed E-state index contributed by atoms with van der Waals surface area (Å²) in [5.41, 5.74) is 0. The Morgan fingerprint density at radius 3 is 2.81 bits per heavy atom. The van der Waals surface area contributed by atoms with E-state index in [9.17, 15) is 14.4 Å². The van der Waals surface area contributed by atoms with E-state index in [0.29, 0.717) is 4.88 Å². The summed E-state index contributed by atoms with van der Waals surface area (Å²) in [7, 11) is 0. The van der Waals surface area contributed by atoms with Gasteiger partial charge in [0.05, 0.1) is 0 Å². The van der Waals surface area contributed by atoms with Crippen molar-refractivity contribution in [2.45, 2.75) is 6.04 Å². The van der Waals surface area contributed by atoms with Crippen molar-refractivity contribution in [2.24, 2.45) is 0 Å². The summed E-state index contributed by atoms with van der Waals surface area (Å²) in [6, 6.07) is 1.83. The lowest BCUT2D eigenvalue weighted by atomic mass is 10.3.